The van der Waals surface area contributed by atoms with Crippen molar-refractivity contribution < 1.29 is 4.79 Å². The number of benzene rings is 2. The molecule has 2 saturated heterocycles. The second kappa shape index (κ2) is 8.39. The van der Waals surface area contributed by atoms with Gasteiger partial charge in [-0.25, -0.2) is 10.2 Å². The predicted molar refractivity (Wildman–Crippen MR) is 119 cm³/mol. The summed E-state index contributed by atoms with van der Waals surface area (Å²) in [6.07, 6.45) is 5.09. The number of nitrogens with one attached hydrogen (secondary N) is 1. The average Bonchev–Trinajstić information content (AvgIpc) is 2.81. The Kier molecular flexibility index (Phi) is 5.47. The van der Waals surface area contributed by atoms with Crippen LogP contribution in [0.5, 0.6) is 0 Å². The van der Waals surface area contributed by atoms with Crippen molar-refractivity contribution in [3.05, 3.63) is 77.0 Å². The third-order valence-corrected chi connectivity index (χ3v) is 7.40. The summed E-state index contributed by atoms with van der Waals surface area (Å²) in [5.74, 6) is 2.86. The van der Waals surface area contributed by atoms with Crippen molar-refractivity contribution in [2.45, 2.75) is 57.2 Å². The Morgan fingerprint density at radius 3 is 2.70 bits per heavy atom. The zero-order chi connectivity index (χ0) is 20.5. The zero-order valence-electron chi connectivity index (χ0n) is 17.8. The summed E-state index contributed by atoms with van der Waals surface area (Å²) in [5, 5.41) is 2.22. The number of nitrogens with zero attached hydrogens (tertiary/aromatic N) is 2. The third-order valence-electron chi connectivity index (χ3n) is 7.40. The van der Waals surface area contributed by atoms with Crippen LogP contribution in [0, 0.1) is 5.92 Å². The SMILES string of the molecule is CC[C@@H](NN1C(=C=O)CC[C@@H]2CN3CCc4ccccc4[C@@H]3C[C@@H]21)c1ccccc1. The van der Waals surface area contributed by atoms with Crippen LogP contribution >= 0.6 is 0 Å². The monoisotopic (exact) mass is 401 g/mol. The van der Waals surface area contributed by atoms with Gasteiger partial charge in [-0.05, 0) is 54.7 Å². The molecular formula is C26H31N3O. The topological polar surface area (TPSA) is 35.6 Å². The first-order valence-corrected chi connectivity index (χ1v) is 11.4. The Hall–Kier alpha value is -2.39. The molecule has 0 bridgehead atoms. The molecule has 4 heteroatoms. The van der Waals surface area contributed by atoms with Crippen molar-refractivity contribution in [2.24, 2.45) is 5.92 Å². The molecule has 30 heavy (non-hydrogen) atoms. The molecule has 3 aliphatic rings. The molecule has 0 amide bonds. The molecule has 5 rings (SSSR count). The number of hydrogen-bond donors (Lipinski definition) is 1. The lowest BCUT2D eigenvalue weighted by molar-refractivity contribution is -0.0202. The Morgan fingerprint density at radius 2 is 1.90 bits per heavy atom. The smallest absolute Gasteiger partial charge is 0.147 e. The highest BCUT2D eigenvalue weighted by Gasteiger charge is 2.44. The van der Waals surface area contributed by atoms with E-state index in [1.54, 1.807) is 0 Å². The maximum Gasteiger partial charge on any atom is 0.147 e. The molecule has 4 nitrogen and oxygen atoms in total. The number of fused-ring (bicyclic) bond motifs is 4. The van der Waals surface area contributed by atoms with Crippen LogP contribution in [0.25, 0.3) is 0 Å². The fraction of sp³-hybridized carbons (Fsp3) is 0.462. The fourth-order valence-corrected chi connectivity index (χ4v) is 5.81. The Balaban J connectivity index is 1.44. The van der Waals surface area contributed by atoms with Crippen molar-refractivity contribution in [3.63, 3.8) is 0 Å². The van der Waals surface area contributed by atoms with E-state index in [0.29, 0.717) is 18.0 Å². The first-order valence-electron chi connectivity index (χ1n) is 11.4. The summed E-state index contributed by atoms with van der Waals surface area (Å²) in [6, 6.07) is 20.5. The van der Waals surface area contributed by atoms with Crippen molar-refractivity contribution >= 4 is 5.94 Å². The number of rotatable bonds is 4. The van der Waals surface area contributed by atoms with Crippen LogP contribution < -0.4 is 5.43 Å². The summed E-state index contributed by atoms with van der Waals surface area (Å²) >= 11 is 0. The molecule has 3 aliphatic heterocycles. The highest BCUT2D eigenvalue weighted by atomic mass is 16.1. The number of allylic oxidation sites excluding steroid dienone is 1. The molecule has 156 valence electrons. The summed E-state index contributed by atoms with van der Waals surface area (Å²) < 4.78 is 0. The lowest BCUT2D eigenvalue weighted by atomic mass is 9.76. The first-order chi connectivity index (χ1) is 14.8. The van der Waals surface area contributed by atoms with Crippen LogP contribution in [0.3, 0.4) is 0 Å². The molecule has 0 spiro atoms. The lowest BCUT2D eigenvalue weighted by Gasteiger charge is -2.53. The van der Waals surface area contributed by atoms with Gasteiger partial charge in [0.15, 0.2) is 0 Å². The van der Waals surface area contributed by atoms with Crippen LogP contribution in [-0.4, -0.2) is 35.0 Å². The number of piperidine rings is 2. The average molecular weight is 402 g/mol. The second-order valence-electron chi connectivity index (χ2n) is 8.98. The van der Waals surface area contributed by atoms with Gasteiger partial charge in [-0.3, -0.25) is 9.91 Å². The van der Waals surface area contributed by atoms with E-state index < -0.39 is 0 Å². The summed E-state index contributed by atoms with van der Waals surface area (Å²) in [4.78, 5) is 14.6. The van der Waals surface area contributed by atoms with Gasteiger partial charge >= 0.3 is 0 Å². The van der Waals surface area contributed by atoms with Gasteiger partial charge in [-0.15, -0.1) is 0 Å². The molecule has 4 atom stereocenters. The van der Waals surface area contributed by atoms with E-state index in [4.69, 9.17) is 0 Å². The normalized spacial score (nSPS) is 26.9. The molecule has 0 aliphatic carbocycles. The largest absolute Gasteiger partial charge is 0.298 e. The molecule has 2 aromatic rings. The molecule has 0 aromatic heterocycles. The highest BCUT2D eigenvalue weighted by molar-refractivity contribution is 5.52. The number of hydrogen-bond acceptors (Lipinski definition) is 4. The van der Waals surface area contributed by atoms with Crippen LogP contribution in [0.1, 0.15) is 61.4 Å². The minimum atomic E-state index is 0.199. The van der Waals surface area contributed by atoms with Crippen molar-refractivity contribution in [3.8, 4) is 0 Å². The highest BCUT2D eigenvalue weighted by Crippen LogP contribution is 2.44. The van der Waals surface area contributed by atoms with Gasteiger partial charge in [0.1, 0.15) is 11.6 Å². The van der Waals surface area contributed by atoms with Gasteiger partial charge in [-0.2, -0.15) is 0 Å². The summed E-state index contributed by atoms with van der Waals surface area (Å²) in [6.45, 7) is 4.47. The summed E-state index contributed by atoms with van der Waals surface area (Å²) in [7, 11) is 0. The molecule has 0 saturated carbocycles. The Labute approximate surface area is 179 Å². The van der Waals surface area contributed by atoms with Crippen molar-refractivity contribution in [1.82, 2.24) is 15.3 Å². The minimum absolute atomic E-state index is 0.199. The Bertz CT molecular complexity index is 936. The fourth-order valence-electron chi connectivity index (χ4n) is 5.81. The standard InChI is InChI=1S/C26H31N3O/c1-2-24(20-9-4-3-5-10-20)27-29-22(18-30)13-12-21-17-28-15-14-19-8-6-7-11-23(19)26(28)16-25(21)29/h3-11,21,24-27H,2,12-17H2,1H3/t21-,24-,25+,26+/m1/s1. The van der Waals surface area contributed by atoms with E-state index in [2.05, 4.69) is 82.8 Å². The quantitative estimate of drug-likeness (QED) is 0.768. The van der Waals surface area contributed by atoms with Crippen molar-refractivity contribution in [1.29, 1.82) is 0 Å². The van der Waals surface area contributed by atoms with Gasteiger partial charge in [0.2, 0.25) is 0 Å². The van der Waals surface area contributed by atoms with E-state index >= 15 is 0 Å². The lowest BCUT2D eigenvalue weighted by Crippen LogP contribution is -2.59. The van der Waals surface area contributed by atoms with E-state index in [1.807, 2.05) is 0 Å². The number of carbonyl (C=O) groups excluding carboxylic acids is 1. The molecule has 2 aromatic carbocycles. The van der Waals surface area contributed by atoms with Gasteiger partial charge in [0.25, 0.3) is 0 Å². The second-order valence-corrected chi connectivity index (χ2v) is 8.98. The first kappa shape index (κ1) is 19.6. The van der Waals surface area contributed by atoms with Crippen molar-refractivity contribution in [2.75, 3.05) is 13.1 Å². The van der Waals surface area contributed by atoms with Crippen LogP contribution in [-0.2, 0) is 11.2 Å². The predicted octanol–water partition coefficient (Wildman–Crippen LogP) is 4.44. The van der Waals surface area contributed by atoms with Crippen LogP contribution in [0.2, 0.25) is 0 Å². The maximum atomic E-state index is 11.9. The molecule has 0 radical (unpaired) electrons. The van der Waals surface area contributed by atoms with E-state index in [9.17, 15) is 4.79 Å². The number of hydrazine groups is 1. The van der Waals surface area contributed by atoms with Gasteiger partial charge < -0.3 is 0 Å². The van der Waals surface area contributed by atoms with E-state index in [1.165, 1.54) is 16.7 Å². The minimum Gasteiger partial charge on any atom is -0.298 e. The molecule has 2 fully saturated rings. The molecule has 0 unspecified atom stereocenters. The van der Waals surface area contributed by atoms with Gasteiger partial charge in [0.05, 0.1) is 12.1 Å². The Morgan fingerprint density at radius 1 is 1.10 bits per heavy atom. The van der Waals surface area contributed by atoms with E-state index in [0.717, 1.165) is 50.9 Å². The third kappa shape index (κ3) is 3.50. The zero-order valence-corrected chi connectivity index (χ0v) is 17.8. The van der Waals surface area contributed by atoms with E-state index in [-0.39, 0.29) is 6.04 Å². The molecular weight excluding hydrogens is 370 g/mol. The summed E-state index contributed by atoms with van der Waals surface area (Å²) in [5.41, 5.74) is 8.80. The van der Waals surface area contributed by atoms with Gasteiger partial charge in [-0.1, -0.05) is 61.5 Å². The molecule has 3 heterocycles. The molecule has 1 N–H and O–H groups in total. The van der Waals surface area contributed by atoms with Gasteiger partial charge in [0, 0.05) is 19.1 Å². The van der Waals surface area contributed by atoms with Crippen LogP contribution in [0.4, 0.5) is 0 Å². The maximum absolute atomic E-state index is 11.9. The van der Waals surface area contributed by atoms with Crippen LogP contribution in [0.15, 0.2) is 60.3 Å².